The lowest BCUT2D eigenvalue weighted by atomic mass is 9.84. The van der Waals surface area contributed by atoms with Crippen molar-refractivity contribution in [3.8, 4) is 11.6 Å². The van der Waals surface area contributed by atoms with E-state index < -0.39 is 11.6 Å². The van der Waals surface area contributed by atoms with Gasteiger partial charge < -0.3 is 14.8 Å². The van der Waals surface area contributed by atoms with Crippen molar-refractivity contribution in [1.82, 2.24) is 10.3 Å². The van der Waals surface area contributed by atoms with Crippen molar-refractivity contribution in [2.24, 2.45) is 5.41 Å². The van der Waals surface area contributed by atoms with Crippen LogP contribution in [0.5, 0.6) is 11.6 Å². The first-order valence-electron chi connectivity index (χ1n) is 10.2. The minimum Gasteiger partial charge on any atom is -0.439 e. The molecule has 1 fully saturated rings. The van der Waals surface area contributed by atoms with Gasteiger partial charge in [-0.05, 0) is 48.1 Å². The number of aromatic nitrogens is 1. The van der Waals surface area contributed by atoms with E-state index >= 15 is 0 Å². The number of amides is 3. The van der Waals surface area contributed by atoms with E-state index in [1.165, 1.54) is 11.8 Å². The van der Waals surface area contributed by atoms with Crippen molar-refractivity contribution in [2.45, 2.75) is 59.3 Å². The van der Waals surface area contributed by atoms with E-state index in [9.17, 15) is 9.59 Å². The predicted molar refractivity (Wildman–Crippen MR) is 112 cm³/mol. The number of urea groups is 1. The summed E-state index contributed by atoms with van der Waals surface area (Å²) in [6.45, 7) is 10.6. The van der Waals surface area contributed by atoms with Crippen LogP contribution in [-0.4, -0.2) is 22.5 Å². The van der Waals surface area contributed by atoms with Gasteiger partial charge in [0.15, 0.2) is 0 Å². The summed E-state index contributed by atoms with van der Waals surface area (Å²) in [7, 11) is 0. The Morgan fingerprint density at radius 2 is 2.03 bits per heavy atom. The molecule has 0 aliphatic carbocycles. The average Bonchev–Trinajstić information content (AvgIpc) is 3.21. The molecule has 1 aromatic heterocycles. The molecule has 0 radical (unpaired) electrons. The molecule has 158 valence electrons. The van der Waals surface area contributed by atoms with Crippen molar-refractivity contribution in [1.29, 1.82) is 0 Å². The fourth-order valence-corrected chi connectivity index (χ4v) is 3.84. The molecule has 2 aliphatic heterocycles. The number of carbonyl (C=O) groups excluding carboxylic acids is 2. The van der Waals surface area contributed by atoms with E-state index in [1.54, 1.807) is 19.1 Å². The van der Waals surface area contributed by atoms with Gasteiger partial charge in [0.05, 0.1) is 24.6 Å². The number of carbonyl (C=O) groups is 2. The zero-order valence-electron chi connectivity index (χ0n) is 18.0. The van der Waals surface area contributed by atoms with Crippen molar-refractivity contribution < 1.29 is 19.1 Å². The lowest BCUT2D eigenvalue weighted by Crippen LogP contribution is -2.43. The largest absolute Gasteiger partial charge is 0.439 e. The molecule has 0 bridgehead atoms. The van der Waals surface area contributed by atoms with Gasteiger partial charge in [-0.3, -0.25) is 4.79 Å². The van der Waals surface area contributed by atoms with Crippen molar-refractivity contribution >= 4 is 17.6 Å². The maximum absolute atomic E-state index is 12.6. The minimum atomic E-state index is -0.887. The number of nitrogens with zero attached hydrogens (tertiary/aromatic N) is 2. The maximum atomic E-state index is 12.6. The SMILES string of the molecule is CC[C@@]1(C)NC(=O)N(c2ccc(Oc3ccc4c(c3)[C@@H](C(C)(C)C)OC4)nc2)C1=O. The molecule has 30 heavy (non-hydrogen) atoms. The van der Waals surface area contributed by atoms with Crippen LogP contribution in [0.3, 0.4) is 0 Å². The molecular formula is C23H27N3O4. The number of pyridine rings is 1. The van der Waals surface area contributed by atoms with Crippen LogP contribution in [0.4, 0.5) is 10.5 Å². The predicted octanol–water partition coefficient (Wildman–Crippen LogP) is 4.72. The van der Waals surface area contributed by atoms with Gasteiger partial charge >= 0.3 is 6.03 Å². The molecule has 3 amide bonds. The summed E-state index contributed by atoms with van der Waals surface area (Å²) in [5.74, 6) is 0.773. The van der Waals surface area contributed by atoms with E-state index in [2.05, 4.69) is 31.1 Å². The van der Waals surface area contributed by atoms with Gasteiger partial charge in [0, 0.05) is 6.07 Å². The van der Waals surface area contributed by atoms with Crippen molar-refractivity contribution in [3.05, 3.63) is 47.7 Å². The van der Waals surface area contributed by atoms with E-state index in [0.29, 0.717) is 30.3 Å². The smallest absolute Gasteiger partial charge is 0.329 e. The Balaban J connectivity index is 1.53. The maximum Gasteiger partial charge on any atom is 0.329 e. The van der Waals surface area contributed by atoms with Crippen LogP contribution in [-0.2, 0) is 16.1 Å². The molecule has 1 N–H and O–H groups in total. The van der Waals surface area contributed by atoms with Crippen LogP contribution in [0.15, 0.2) is 36.5 Å². The first kappa shape index (κ1) is 20.3. The van der Waals surface area contributed by atoms with Gasteiger partial charge in [-0.15, -0.1) is 0 Å². The highest BCUT2D eigenvalue weighted by Crippen LogP contribution is 2.44. The molecule has 1 saturated heterocycles. The number of nitrogens with one attached hydrogen (secondary N) is 1. The van der Waals surface area contributed by atoms with Crippen LogP contribution in [0.25, 0.3) is 0 Å². The number of hydrogen-bond acceptors (Lipinski definition) is 5. The zero-order valence-corrected chi connectivity index (χ0v) is 18.0. The number of benzene rings is 1. The number of hydrogen-bond donors (Lipinski definition) is 1. The number of anilines is 1. The standard InChI is InChI=1S/C23H27N3O4/c1-6-23(5)20(27)26(21(28)25-23)15-8-10-18(24-12-15)30-16-9-7-14-13-29-19(17(14)11-16)22(2,3)4/h7-12,19H,6,13H2,1-5H3,(H,25,28)/t19-,23+/m0/s1. The first-order chi connectivity index (χ1) is 14.1. The molecule has 0 saturated carbocycles. The normalized spacial score (nSPS) is 23.5. The summed E-state index contributed by atoms with van der Waals surface area (Å²) in [5.41, 5.74) is 1.82. The molecular weight excluding hydrogens is 382 g/mol. The molecule has 2 aromatic rings. The molecule has 2 aliphatic rings. The molecule has 0 spiro atoms. The van der Waals surface area contributed by atoms with Gasteiger partial charge in [0.1, 0.15) is 11.3 Å². The summed E-state index contributed by atoms with van der Waals surface area (Å²) >= 11 is 0. The Bertz CT molecular complexity index is 996. The Hall–Kier alpha value is -2.93. The van der Waals surface area contributed by atoms with Gasteiger partial charge in [0.2, 0.25) is 5.88 Å². The Morgan fingerprint density at radius 3 is 2.63 bits per heavy atom. The lowest BCUT2D eigenvalue weighted by molar-refractivity contribution is -0.121. The summed E-state index contributed by atoms with van der Waals surface area (Å²) < 4.78 is 11.9. The van der Waals surface area contributed by atoms with Crippen LogP contribution in [0, 0.1) is 5.41 Å². The Labute approximate surface area is 176 Å². The molecule has 7 nitrogen and oxygen atoms in total. The second kappa shape index (κ2) is 7.09. The summed E-state index contributed by atoms with van der Waals surface area (Å²) in [6, 6.07) is 8.79. The van der Waals surface area contributed by atoms with Gasteiger partial charge in [0.25, 0.3) is 5.91 Å². The van der Waals surface area contributed by atoms with E-state index in [0.717, 1.165) is 10.5 Å². The molecule has 0 unspecified atom stereocenters. The highest BCUT2D eigenvalue weighted by molar-refractivity contribution is 6.23. The zero-order chi connectivity index (χ0) is 21.7. The number of ether oxygens (including phenoxy) is 2. The quantitative estimate of drug-likeness (QED) is 0.739. The minimum absolute atomic E-state index is 0.0129. The highest BCUT2D eigenvalue weighted by Gasteiger charge is 2.47. The molecule has 1 aromatic carbocycles. The molecule has 7 heteroatoms. The van der Waals surface area contributed by atoms with E-state index in [4.69, 9.17) is 9.47 Å². The van der Waals surface area contributed by atoms with Gasteiger partial charge in [-0.1, -0.05) is 33.8 Å². The van der Waals surface area contributed by atoms with Gasteiger partial charge in [-0.25, -0.2) is 14.7 Å². The fourth-order valence-electron chi connectivity index (χ4n) is 3.84. The van der Waals surface area contributed by atoms with Crippen LogP contribution >= 0.6 is 0 Å². The second-order valence-corrected chi connectivity index (χ2v) is 9.13. The summed E-state index contributed by atoms with van der Waals surface area (Å²) in [5, 5.41) is 2.74. The first-order valence-corrected chi connectivity index (χ1v) is 10.2. The molecule has 4 rings (SSSR count). The third-order valence-electron chi connectivity index (χ3n) is 5.76. The number of fused-ring (bicyclic) bond motifs is 1. The van der Waals surface area contributed by atoms with Crippen molar-refractivity contribution in [3.63, 3.8) is 0 Å². The van der Waals surface area contributed by atoms with E-state index in [-0.39, 0.29) is 17.4 Å². The van der Waals surface area contributed by atoms with Crippen LogP contribution in [0.1, 0.15) is 58.3 Å². The third-order valence-corrected chi connectivity index (χ3v) is 5.76. The van der Waals surface area contributed by atoms with Gasteiger partial charge in [-0.2, -0.15) is 0 Å². The Kier molecular flexibility index (Phi) is 4.81. The molecule has 3 heterocycles. The van der Waals surface area contributed by atoms with Crippen molar-refractivity contribution in [2.75, 3.05) is 4.90 Å². The topological polar surface area (TPSA) is 80.8 Å². The Morgan fingerprint density at radius 1 is 1.27 bits per heavy atom. The number of imide groups is 1. The molecule has 2 atom stereocenters. The number of rotatable bonds is 4. The van der Waals surface area contributed by atoms with Crippen LogP contribution < -0.4 is 15.0 Å². The highest BCUT2D eigenvalue weighted by atomic mass is 16.5. The van der Waals surface area contributed by atoms with Crippen LogP contribution in [0.2, 0.25) is 0 Å². The monoisotopic (exact) mass is 409 g/mol. The third kappa shape index (κ3) is 3.43. The second-order valence-electron chi connectivity index (χ2n) is 9.13. The summed E-state index contributed by atoms with van der Waals surface area (Å²) in [6.07, 6.45) is 2.00. The summed E-state index contributed by atoms with van der Waals surface area (Å²) in [4.78, 5) is 30.3. The fraction of sp³-hybridized carbons (Fsp3) is 0.435. The average molecular weight is 409 g/mol. The van der Waals surface area contributed by atoms with E-state index in [1.807, 2.05) is 25.1 Å². The lowest BCUT2D eigenvalue weighted by Gasteiger charge is -2.27.